The zero-order chi connectivity index (χ0) is 20.2. The van der Waals surface area contributed by atoms with Crippen LogP contribution in [0.1, 0.15) is 28.4 Å². The van der Waals surface area contributed by atoms with Crippen molar-refractivity contribution in [1.29, 1.82) is 0 Å². The molecule has 0 saturated carbocycles. The fourth-order valence-corrected chi connectivity index (χ4v) is 3.33. The molecule has 0 radical (unpaired) electrons. The third-order valence-electron chi connectivity index (χ3n) is 4.81. The van der Waals surface area contributed by atoms with E-state index in [9.17, 15) is 9.59 Å². The fraction of sp³-hybridized carbons (Fsp3) is 0.217. The topological polar surface area (TPSA) is 77.6 Å². The van der Waals surface area contributed by atoms with E-state index in [1.54, 1.807) is 24.4 Å². The van der Waals surface area contributed by atoms with Gasteiger partial charge < -0.3 is 19.2 Å². The van der Waals surface area contributed by atoms with Crippen molar-refractivity contribution in [2.24, 2.45) is 0 Å². The summed E-state index contributed by atoms with van der Waals surface area (Å²) in [6, 6.07) is 11.2. The summed E-state index contributed by atoms with van der Waals surface area (Å²) in [6.45, 7) is 2.77. The van der Waals surface area contributed by atoms with Crippen LogP contribution in [0.15, 0.2) is 48.7 Å². The van der Waals surface area contributed by atoms with E-state index in [4.69, 9.17) is 14.2 Å². The smallest absolute Gasteiger partial charge is 0.331 e. The number of carbonyl (C=O) groups is 2. The molecular formula is C23H21NO5. The fourth-order valence-electron chi connectivity index (χ4n) is 3.33. The zero-order valence-corrected chi connectivity index (χ0v) is 16.1. The van der Waals surface area contributed by atoms with Crippen molar-refractivity contribution < 1.29 is 23.8 Å². The van der Waals surface area contributed by atoms with Crippen LogP contribution in [0.3, 0.4) is 0 Å². The lowest BCUT2D eigenvalue weighted by Crippen LogP contribution is -2.15. The Hall–Kier alpha value is -3.54. The van der Waals surface area contributed by atoms with Gasteiger partial charge in [-0.25, -0.2) is 4.79 Å². The largest absolute Gasteiger partial charge is 0.486 e. The van der Waals surface area contributed by atoms with E-state index in [2.05, 4.69) is 11.9 Å². The predicted octanol–water partition coefficient (Wildman–Crippen LogP) is 3.94. The molecule has 1 aliphatic rings. The molecule has 1 N–H and O–H groups in total. The molecule has 1 aromatic heterocycles. The van der Waals surface area contributed by atoms with Gasteiger partial charge in [0, 0.05) is 28.7 Å². The van der Waals surface area contributed by atoms with Crippen LogP contribution in [0.25, 0.3) is 17.0 Å². The molecule has 0 amide bonds. The van der Waals surface area contributed by atoms with Gasteiger partial charge in [-0.1, -0.05) is 31.2 Å². The highest BCUT2D eigenvalue weighted by Gasteiger charge is 2.15. The number of hydrogen-bond acceptors (Lipinski definition) is 5. The van der Waals surface area contributed by atoms with E-state index in [0.717, 1.165) is 28.5 Å². The minimum absolute atomic E-state index is 0.245. The van der Waals surface area contributed by atoms with Crippen LogP contribution in [0.4, 0.5) is 0 Å². The van der Waals surface area contributed by atoms with Crippen LogP contribution in [0.5, 0.6) is 11.5 Å². The summed E-state index contributed by atoms with van der Waals surface area (Å²) >= 11 is 0. The molecule has 2 aromatic carbocycles. The number of ketones is 1. The first-order valence-electron chi connectivity index (χ1n) is 9.52. The second kappa shape index (κ2) is 8.22. The normalized spacial score (nSPS) is 13.0. The predicted molar refractivity (Wildman–Crippen MR) is 109 cm³/mol. The Balaban J connectivity index is 1.38. The van der Waals surface area contributed by atoms with Gasteiger partial charge in [0.1, 0.15) is 13.2 Å². The van der Waals surface area contributed by atoms with Crippen LogP contribution in [0, 0.1) is 0 Å². The van der Waals surface area contributed by atoms with Crippen LogP contribution in [-0.4, -0.2) is 36.6 Å². The maximum absolute atomic E-state index is 12.5. The molecule has 2 heterocycles. The molecule has 0 unspecified atom stereocenters. The highest BCUT2D eigenvalue weighted by molar-refractivity contribution is 6.09. The molecule has 0 atom stereocenters. The van der Waals surface area contributed by atoms with E-state index in [-0.39, 0.29) is 12.4 Å². The SMILES string of the molecule is CCc1cccc2c(C(=O)COC(=O)/C=C/c3ccc4c(c3)OCCO4)c[nH]c12. The number of benzene rings is 2. The number of ether oxygens (including phenoxy) is 3. The lowest BCUT2D eigenvalue weighted by Gasteiger charge is -2.18. The molecule has 3 aromatic rings. The van der Waals surface area contributed by atoms with Gasteiger partial charge in [-0.3, -0.25) is 4.79 Å². The Labute approximate surface area is 168 Å². The van der Waals surface area contributed by atoms with E-state index < -0.39 is 5.97 Å². The van der Waals surface area contributed by atoms with Gasteiger partial charge in [0.25, 0.3) is 0 Å². The van der Waals surface area contributed by atoms with E-state index in [1.807, 2.05) is 24.3 Å². The number of aromatic amines is 1. The van der Waals surface area contributed by atoms with Crippen LogP contribution in [0.2, 0.25) is 0 Å². The minimum Gasteiger partial charge on any atom is -0.486 e. The lowest BCUT2D eigenvalue weighted by molar-refractivity contribution is -0.136. The Bertz CT molecular complexity index is 1100. The van der Waals surface area contributed by atoms with Gasteiger partial charge in [0.2, 0.25) is 5.78 Å². The van der Waals surface area contributed by atoms with Crippen molar-refractivity contribution >= 4 is 28.7 Å². The molecule has 6 nitrogen and oxygen atoms in total. The Morgan fingerprint density at radius 2 is 1.97 bits per heavy atom. The highest BCUT2D eigenvalue weighted by Crippen LogP contribution is 2.31. The van der Waals surface area contributed by atoms with Crippen molar-refractivity contribution in [1.82, 2.24) is 4.98 Å². The van der Waals surface area contributed by atoms with Gasteiger partial charge in [0.15, 0.2) is 18.1 Å². The van der Waals surface area contributed by atoms with Crippen molar-refractivity contribution in [2.45, 2.75) is 13.3 Å². The van der Waals surface area contributed by atoms with Gasteiger partial charge >= 0.3 is 5.97 Å². The first-order valence-corrected chi connectivity index (χ1v) is 9.52. The Morgan fingerprint density at radius 3 is 2.79 bits per heavy atom. The number of H-pyrrole nitrogens is 1. The standard InChI is InChI=1S/C23H21NO5/c1-2-16-4-3-5-17-18(13-24-23(16)17)19(25)14-29-22(26)9-7-15-6-8-20-21(12-15)28-11-10-27-20/h3-9,12-13,24H,2,10-11,14H2,1H3/b9-7+. The number of aryl methyl sites for hydroxylation is 1. The number of carbonyl (C=O) groups excluding carboxylic acids is 2. The van der Waals surface area contributed by atoms with E-state index >= 15 is 0 Å². The van der Waals surface area contributed by atoms with Crippen molar-refractivity contribution in [3.8, 4) is 11.5 Å². The molecule has 1 aliphatic heterocycles. The first-order chi connectivity index (χ1) is 14.2. The molecular weight excluding hydrogens is 370 g/mol. The molecule has 148 valence electrons. The first kappa shape index (κ1) is 18.8. The second-order valence-corrected chi connectivity index (χ2v) is 6.66. The molecule has 4 rings (SSSR count). The van der Waals surface area contributed by atoms with Crippen molar-refractivity contribution in [3.05, 3.63) is 65.4 Å². The lowest BCUT2D eigenvalue weighted by atomic mass is 10.1. The number of rotatable bonds is 6. The van der Waals surface area contributed by atoms with E-state index in [0.29, 0.717) is 30.3 Å². The Kier molecular flexibility index (Phi) is 5.33. The molecule has 0 bridgehead atoms. The number of para-hydroxylation sites is 1. The third kappa shape index (κ3) is 4.01. The zero-order valence-electron chi connectivity index (χ0n) is 16.1. The van der Waals surface area contributed by atoms with E-state index in [1.165, 1.54) is 6.08 Å². The third-order valence-corrected chi connectivity index (χ3v) is 4.81. The maximum atomic E-state index is 12.5. The summed E-state index contributed by atoms with van der Waals surface area (Å²) in [4.78, 5) is 27.7. The van der Waals surface area contributed by atoms with Crippen molar-refractivity contribution in [3.63, 3.8) is 0 Å². The van der Waals surface area contributed by atoms with Gasteiger partial charge in [-0.15, -0.1) is 0 Å². The van der Waals surface area contributed by atoms with Gasteiger partial charge in [-0.05, 0) is 35.8 Å². The quantitative estimate of drug-likeness (QED) is 0.391. The Morgan fingerprint density at radius 1 is 1.14 bits per heavy atom. The summed E-state index contributed by atoms with van der Waals surface area (Å²) in [5, 5.41) is 0.845. The van der Waals surface area contributed by atoms with Gasteiger partial charge in [0.05, 0.1) is 0 Å². The van der Waals surface area contributed by atoms with Gasteiger partial charge in [-0.2, -0.15) is 0 Å². The number of aromatic nitrogens is 1. The minimum atomic E-state index is -0.581. The summed E-state index contributed by atoms with van der Waals surface area (Å²) in [7, 11) is 0. The average Bonchev–Trinajstić information content (AvgIpc) is 3.20. The summed E-state index contributed by atoms with van der Waals surface area (Å²) in [6.07, 6.45) is 5.45. The number of esters is 1. The summed E-state index contributed by atoms with van der Waals surface area (Å²) in [5.41, 5.74) is 3.39. The van der Waals surface area contributed by atoms with Crippen LogP contribution in [-0.2, 0) is 16.0 Å². The summed E-state index contributed by atoms with van der Waals surface area (Å²) in [5.74, 6) is 0.507. The average molecular weight is 391 g/mol. The number of nitrogens with one attached hydrogen (secondary N) is 1. The highest BCUT2D eigenvalue weighted by atomic mass is 16.6. The molecule has 29 heavy (non-hydrogen) atoms. The second-order valence-electron chi connectivity index (χ2n) is 6.66. The molecule has 0 spiro atoms. The molecule has 0 saturated heterocycles. The molecule has 6 heteroatoms. The monoisotopic (exact) mass is 391 g/mol. The maximum Gasteiger partial charge on any atom is 0.331 e. The molecule has 0 aliphatic carbocycles. The number of Topliss-reactive ketones (excluding diaryl/α,β-unsaturated/α-hetero) is 1. The van der Waals surface area contributed by atoms with Crippen molar-refractivity contribution in [2.75, 3.05) is 19.8 Å². The molecule has 0 fully saturated rings. The summed E-state index contributed by atoms with van der Waals surface area (Å²) < 4.78 is 16.1. The number of hydrogen-bond donors (Lipinski definition) is 1. The number of fused-ring (bicyclic) bond motifs is 2. The van der Waals surface area contributed by atoms with Crippen LogP contribution >= 0.6 is 0 Å². The van der Waals surface area contributed by atoms with Crippen LogP contribution < -0.4 is 9.47 Å².